The zero-order valence-electron chi connectivity index (χ0n) is 13.6. The number of thiophene rings is 1. The summed E-state index contributed by atoms with van der Waals surface area (Å²) in [7, 11) is -7.22. The molecule has 0 bridgehead atoms. The number of rotatable bonds is 4. The van der Waals surface area contributed by atoms with E-state index in [2.05, 4.69) is 14.4 Å². The van der Waals surface area contributed by atoms with E-state index >= 15 is 0 Å². The SMILES string of the molecule is Cc1c(S(=O)(=O)Nc2nc(C3CCNS3(=O)=O)cs2)sc2ccccc12. The number of nitrogens with one attached hydrogen (secondary N) is 2. The second-order valence-corrected chi connectivity index (χ2v) is 11.6. The van der Waals surface area contributed by atoms with Gasteiger partial charge in [-0.1, -0.05) is 18.2 Å². The van der Waals surface area contributed by atoms with Crippen molar-refractivity contribution in [3.05, 3.63) is 40.9 Å². The first kappa shape index (κ1) is 17.9. The largest absolute Gasteiger partial charge is 0.273 e. The molecule has 3 aromatic rings. The number of sulfonamides is 2. The summed E-state index contributed by atoms with van der Waals surface area (Å²) in [5.41, 5.74) is 1.06. The lowest BCUT2D eigenvalue weighted by Gasteiger charge is -2.05. The Labute approximate surface area is 159 Å². The highest BCUT2D eigenvalue weighted by atomic mass is 32.2. The standard InChI is InChI=1S/C15H15N3O4S4/c1-9-10-4-2-3-5-12(10)24-14(9)26(21,22)18-15-17-11(8-23-15)13-6-7-16-25(13,19)20/h2-5,8,13,16H,6-7H2,1H3,(H,17,18). The van der Waals surface area contributed by atoms with Crippen molar-refractivity contribution in [1.82, 2.24) is 9.71 Å². The Morgan fingerprint density at radius 3 is 2.77 bits per heavy atom. The molecule has 1 unspecified atom stereocenters. The van der Waals surface area contributed by atoms with Crippen LogP contribution in [0.3, 0.4) is 0 Å². The third kappa shape index (κ3) is 3.03. The third-order valence-corrected chi connectivity index (χ3v) is 10.2. The molecule has 1 fully saturated rings. The van der Waals surface area contributed by atoms with Crippen LogP contribution in [0, 0.1) is 6.92 Å². The summed E-state index contributed by atoms with van der Waals surface area (Å²) in [6, 6.07) is 7.51. The molecule has 0 spiro atoms. The molecule has 138 valence electrons. The maximum atomic E-state index is 12.8. The smallest absolute Gasteiger partial charge is 0.254 e. The molecule has 1 atom stereocenters. The molecule has 26 heavy (non-hydrogen) atoms. The maximum absolute atomic E-state index is 12.8. The Morgan fingerprint density at radius 1 is 1.31 bits per heavy atom. The Kier molecular flexibility index (Phi) is 4.31. The van der Waals surface area contributed by atoms with Crippen LogP contribution in [0.15, 0.2) is 33.9 Å². The molecule has 0 radical (unpaired) electrons. The van der Waals surface area contributed by atoms with Crippen LogP contribution >= 0.6 is 22.7 Å². The molecule has 2 aromatic heterocycles. The highest BCUT2D eigenvalue weighted by Gasteiger charge is 2.34. The Bertz CT molecular complexity index is 1190. The van der Waals surface area contributed by atoms with Crippen LogP contribution in [-0.4, -0.2) is 28.4 Å². The van der Waals surface area contributed by atoms with Crippen molar-refractivity contribution < 1.29 is 16.8 Å². The minimum absolute atomic E-state index is 0.166. The van der Waals surface area contributed by atoms with E-state index in [4.69, 9.17) is 0 Å². The van der Waals surface area contributed by atoms with Gasteiger partial charge in [-0.2, -0.15) is 0 Å². The minimum atomic E-state index is -3.79. The average molecular weight is 430 g/mol. The van der Waals surface area contributed by atoms with Crippen LogP contribution in [0.4, 0.5) is 5.13 Å². The van der Waals surface area contributed by atoms with Gasteiger partial charge in [0.25, 0.3) is 10.0 Å². The van der Waals surface area contributed by atoms with E-state index in [1.54, 1.807) is 12.3 Å². The van der Waals surface area contributed by atoms with E-state index in [1.807, 2.05) is 24.3 Å². The number of nitrogens with zero attached hydrogens (tertiary/aromatic N) is 1. The van der Waals surface area contributed by atoms with Crippen LogP contribution in [0.5, 0.6) is 0 Å². The summed E-state index contributed by atoms with van der Waals surface area (Å²) in [5.74, 6) is 0. The molecule has 0 amide bonds. The molecule has 1 saturated heterocycles. The lowest BCUT2D eigenvalue weighted by molar-refractivity contribution is 0.585. The predicted molar refractivity (Wildman–Crippen MR) is 104 cm³/mol. The minimum Gasteiger partial charge on any atom is -0.254 e. The summed E-state index contributed by atoms with van der Waals surface area (Å²) in [6.07, 6.45) is 0.424. The molecule has 3 heterocycles. The van der Waals surface area contributed by atoms with Crippen molar-refractivity contribution in [1.29, 1.82) is 0 Å². The second-order valence-electron chi connectivity index (χ2n) is 5.91. The summed E-state index contributed by atoms with van der Waals surface area (Å²) in [4.78, 5) is 4.20. The first-order valence-corrected chi connectivity index (χ1v) is 12.5. The van der Waals surface area contributed by atoms with Gasteiger partial charge in [-0.3, -0.25) is 4.72 Å². The Balaban J connectivity index is 1.65. The zero-order chi connectivity index (χ0) is 18.5. The Morgan fingerprint density at radius 2 is 2.08 bits per heavy atom. The van der Waals surface area contributed by atoms with E-state index in [9.17, 15) is 16.8 Å². The van der Waals surface area contributed by atoms with Gasteiger partial charge in [-0.15, -0.1) is 22.7 Å². The van der Waals surface area contributed by atoms with Crippen molar-refractivity contribution in [2.24, 2.45) is 0 Å². The van der Waals surface area contributed by atoms with Crippen LogP contribution in [0.25, 0.3) is 10.1 Å². The molecule has 0 saturated carbocycles. The van der Waals surface area contributed by atoms with Crippen molar-refractivity contribution >= 4 is 57.9 Å². The second kappa shape index (κ2) is 6.27. The first-order chi connectivity index (χ1) is 12.3. The number of hydrogen-bond donors (Lipinski definition) is 2. The number of aryl methyl sites for hydroxylation is 1. The highest BCUT2D eigenvalue weighted by Crippen LogP contribution is 2.36. The summed E-state index contributed by atoms with van der Waals surface area (Å²) in [5, 5.41) is 1.92. The fraction of sp³-hybridized carbons (Fsp3) is 0.267. The monoisotopic (exact) mass is 429 g/mol. The topological polar surface area (TPSA) is 105 Å². The third-order valence-electron chi connectivity index (χ3n) is 4.20. The van der Waals surface area contributed by atoms with Gasteiger partial charge >= 0.3 is 0 Å². The van der Waals surface area contributed by atoms with E-state index in [-0.39, 0.29) is 9.34 Å². The van der Waals surface area contributed by atoms with Crippen molar-refractivity contribution in [3.63, 3.8) is 0 Å². The normalized spacial score (nSPS) is 19.8. The highest BCUT2D eigenvalue weighted by molar-refractivity contribution is 7.95. The number of hydrogen-bond acceptors (Lipinski definition) is 7. The molecule has 4 rings (SSSR count). The summed E-state index contributed by atoms with van der Waals surface area (Å²) < 4.78 is 55.5. The maximum Gasteiger partial charge on any atom is 0.273 e. The molecule has 1 aromatic carbocycles. The van der Waals surface area contributed by atoms with Gasteiger partial charge in [0.05, 0.1) is 5.69 Å². The van der Waals surface area contributed by atoms with Gasteiger partial charge in [0, 0.05) is 16.6 Å². The molecular formula is C15H15N3O4S4. The number of aromatic nitrogens is 1. The molecular weight excluding hydrogens is 414 g/mol. The molecule has 1 aliphatic rings. The van der Waals surface area contributed by atoms with Gasteiger partial charge in [0.1, 0.15) is 9.46 Å². The van der Waals surface area contributed by atoms with E-state index in [1.165, 1.54) is 11.3 Å². The molecule has 1 aliphatic heterocycles. The van der Waals surface area contributed by atoms with Crippen molar-refractivity contribution in [2.75, 3.05) is 11.3 Å². The van der Waals surface area contributed by atoms with Gasteiger partial charge in [0.2, 0.25) is 10.0 Å². The molecule has 2 N–H and O–H groups in total. The Hall–Kier alpha value is -1.53. The molecule has 0 aliphatic carbocycles. The van der Waals surface area contributed by atoms with E-state index < -0.39 is 25.3 Å². The number of anilines is 1. The van der Waals surface area contributed by atoms with Gasteiger partial charge < -0.3 is 0 Å². The first-order valence-electron chi connectivity index (χ1n) is 7.73. The predicted octanol–water partition coefficient (Wildman–Crippen LogP) is 2.83. The van der Waals surface area contributed by atoms with E-state index in [0.717, 1.165) is 21.4 Å². The van der Waals surface area contributed by atoms with Crippen LogP contribution in [0.2, 0.25) is 0 Å². The van der Waals surface area contributed by atoms with Crippen LogP contribution < -0.4 is 9.44 Å². The fourth-order valence-electron chi connectivity index (χ4n) is 2.95. The van der Waals surface area contributed by atoms with Crippen molar-refractivity contribution in [3.8, 4) is 0 Å². The van der Waals surface area contributed by atoms with Crippen molar-refractivity contribution in [2.45, 2.75) is 22.8 Å². The quantitative estimate of drug-likeness (QED) is 0.663. The summed E-state index contributed by atoms with van der Waals surface area (Å²) in [6.45, 7) is 2.14. The number of fused-ring (bicyclic) bond motifs is 1. The van der Waals surface area contributed by atoms with Gasteiger partial charge in [-0.25, -0.2) is 26.5 Å². The zero-order valence-corrected chi connectivity index (χ0v) is 16.9. The fourth-order valence-corrected chi connectivity index (χ4v) is 8.29. The van der Waals surface area contributed by atoms with Gasteiger partial charge in [-0.05, 0) is 30.4 Å². The number of thiazole rings is 1. The van der Waals surface area contributed by atoms with Crippen LogP contribution in [-0.2, 0) is 20.0 Å². The number of benzene rings is 1. The van der Waals surface area contributed by atoms with Crippen LogP contribution in [0.1, 0.15) is 22.9 Å². The molecule has 7 nitrogen and oxygen atoms in total. The lowest BCUT2D eigenvalue weighted by Crippen LogP contribution is -2.18. The molecule has 11 heteroatoms. The van der Waals surface area contributed by atoms with E-state index in [0.29, 0.717) is 24.2 Å². The van der Waals surface area contributed by atoms with Gasteiger partial charge in [0.15, 0.2) is 5.13 Å². The lowest BCUT2D eigenvalue weighted by atomic mass is 10.2. The average Bonchev–Trinajstić information content (AvgIpc) is 3.25. The summed E-state index contributed by atoms with van der Waals surface area (Å²) >= 11 is 2.28.